The quantitative estimate of drug-likeness (QED) is 0.784. The second-order valence-corrected chi connectivity index (χ2v) is 5.23. The van der Waals surface area contributed by atoms with Gasteiger partial charge < -0.3 is 9.88 Å². The van der Waals surface area contributed by atoms with Crippen LogP contribution in [0.15, 0.2) is 24.8 Å². The molecule has 2 aromatic heterocycles. The van der Waals surface area contributed by atoms with Gasteiger partial charge in [-0.25, -0.2) is 4.98 Å². The maximum atomic E-state index is 12.2. The van der Waals surface area contributed by atoms with Gasteiger partial charge in [0.25, 0.3) is 0 Å². The van der Waals surface area contributed by atoms with Crippen molar-refractivity contribution < 1.29 is 4.79 Å². The van der Waals surface area contributed by atoms with Gasteiger partial charge in [-0.05, 0) is 12.8 Å². The molecule has 2 heterocycles. The average molecular weight is 289 g/mol. The molecule has 0 fully saturated rings. The number of imidazole rings is 1. The molecule has 0 saturated carbocycles. The van der Waals surface area contributed by atoms with Crippen LogP contribution in [0, 0.1) is 0 Å². The van der Waals surface area contributed by atoms with Crippen LogP contribution in [-0.4, -0.2) is 25.7 Å². The first kappa shape index (κ1) is 15.3. The maximum Gasteiger partial charge on any atom is 0.227 e. The van der Waals surface area contributed by atoms with E-state index in [1.54, 1.807) is 12.5 Å². The molecule has 1 unspecified atom stereocenters. The van der Waals surface area contributed by atoms with E-state index in [4.69, 9.17) is 0 Å². The fraction of sp³-hybridized carbons (Fsp3) is 0.533. The van der Waals surface area contributed by atoms with E-state index < -0.39 is 0 Å². The zero-order valence-corrected chi connectivity index (χ0v) is 12.7. The van der Waals surface area contributed by atoms with E-state index in [1.165, 1.54) is 0 Å². The summed E-state index contributed by atoms with van der Waals surface area (Å²) < 4.78 is 2.00. The Morgan fingerprint density at radius 3 is 2.95 bits per heavy atom. The highest BCUT2D eigenvalue weighted by atomic mass is 16.1. The van der Waals surface area contributed by atoms with E-state index in [0.717, 1.165) is 31.4 Å². The van der Waals surface area contributed by atoms with Crippen LogP contribution in [0.25, 0.3) is 0 Å². The lowest BCUT2D eigenvalue weighted by atomic mass is 10.1. The number of hydrogen-bond acceptors (Lipinski definition) is 3. The lowest BCUT2D eigenvalue weighted by Gasteiger charge is -2.16. The van der Waals surface area contributed by atoms with Gasteiger partial charge in [-0.1, -0.05) is 26.7 Å². The molecule has 0 aliphatic carbocycles. The predicted octanol–water partition coefficient (Wildman–Crippen LogP) is 2.93. The molecule has 0 aromatic carbocycles. The molecule has 1 atom stereocenters. The van der Waals surface area contributed by atoms with E-state index in [2.05, 4.69) is 34.3 Å². The second-order valence-electron chi connectivity index (χ2n) is 5.23. The van der Waals surface area contributed by atoms with Crippen molar-refractivity contribution in [3.05, 3.63) is 30.5 Å². The number of nitrogens with zero attached hydrogens (tertiary/aromatic N) is 3. The molecule has 0 saturated heterocycles. The Hall–Kier alpha value is -2.11. The van der Waals surface area contributed by atoms with Crippen LogP contribution in [0.1, 0.15) is 51.3 Å². The monoisotopic (exact) mass is 289 g/mol. The molecule has 0 bridgehead atoms. The molecule has 0 aliphatic heterocycles. The number of nitrogens with one attached hydrogen (secondary N) is 2. The summed E-state index contributed by atoms with van der Waals surface area (Å²) >= 11 is 0. The summed E-state index contributed by atoms with van der Waals surface area (Å²) in [6.45, 7) is 4.23. The van der Waals surface area contributed by atoms with Gasteiger partial charge in [-0.15, -0.1) is 0 Å². The van der Waals surface area contributed by atoms with Crippen molar-refractivity contribution in [1.29, 1.82) is 0 Å². The van der Waals surface area contributed by atoms with E-state index >= 15 is 0 Å². The number of carbonyl (C=O) groups is 1. The van der Waals surface area contributed by atoms with Crippen LogP contribution in [0.2, 0.25) is 0 Å². The number of H-pyrrole nitrogens is 1. The predicted molar refractivity (Wildman–Crippen MR) is 82.0 cm³/mol. The highest BCUT2D eigenvalue weighted by Crippen LogP contribution is 2.18. The van der Waals surface area contributed by atoms with Gasteiger partial charge in [-0.2, -0.15) is 5.10 Å². The number of hydrogen-bond donors (Lipinski definition) is 2. The summed E-state index contributed by atoms with van der Waals surface area (Å²) in [5.74, 6) is 0.584. The van der Waals surface area contributed by atoms with Crippen LogP contribution in [0.4, 0.5) is 5.82 Å². The third kappa shape index (κ3) is 4.44. The Morgan fingerprint density at radius 1 is 1.43 bits per heavy atom. The van der Waals surface area contributed by atoms with Gasteiger partial charge in [0.05, 0.1) is 6.33 Å². The normalized spacial score (nSPS) is 12.3. The Balaban J connectivity index is 1.92. The molecule has 6 heteroatoms. The zero-order valence-electron chi connectivity index (χ0n) is 12.7. The number of carbonyl (C=O) groups excluding carboxylic acids is 1. The van der Waals surface area contributed by atoms with Crippen molar-refractivity contribution in [2.75, 3.05) is 5.32 Å². The fourth-order valence-electron chi connectivity index (χ4n) is 2.41. The molecule has 21 heavy (non-hydrogen) atoms. The lowest BCUT2D eigenvalue weighted by molar-refractivity contribution is -0.117. The van der Waals surface area contributed by atoms with Crippen molar-refractivity contribution in [3.8, 4) is 0 Å². The molecule has 0 spiro atoms. The van der Waals surface area contributed by atoms with Gasteiger partial charge in [0.15, 0.2) is 5.82 Å². The Kier molecular flexibility index (Phi) is 5.54. The molecule has 114 valence electrons. The molecular weight excluding hydrogens is 266 g/mol. The van der Waals surface area contributed by atoms with Crippen LogP contribution in [0.3, 0.4) is 0 Å². The van der Waals surface area contributed by atoms with Crippen molar-refractivity contribution in [1.82, 2.24) is 19.7 Å². The molecule has 2 aromatic rings. The molecule has 6 nitrogen and oxygen atoms in total. The Bertz CT molecular complexity index is 546. The van der Waals surface area contributed by atoms with Gasteiger partial charge >= 0.3 is 0 Å². The summed E-state index contributed by atoms with van der Waals surface area (Å²) in [6.07, 6.45) is 9.81. The highest BCUT2D eigenvalue weighted by Gasteiger charge is 2.15. The molecule has 0 radical (unpaired) electrons. The third-order valence-electron chi connectivity index (χ3n) is 3.41. The number of aryl methyl sites for hydroxylation is 1. The van der Waals surface area contributed by atoms with E-state index in [9.17, 15) is 4.79 Å². The summed E-state index contributed by atoms with van der Waals surface area (Å²) in [6, 6.07) is 2.04. The second kappa shape index (κ2) is 7.61. The number of aromatic nitrogens is 4. The van der Waals surface area contributed by atoms with Crippen LogP contribution < -0.4 is 5.32 Å². The number of aromatic amines is 1. The van der Waals surface area contributed by atoms with Crippen molar-refractivity contribution in [2.24, 2.45) is 0 Å². The third-order valence-corrected chi connectivity index (χ3v) is 3.41. The first-order valence-corrected chi connectivity index (χ1v) is 7.54. The zero-order chi connectivity index (χ0) is 15.1. The first-order chi connectivity index (χ1) is 10.2. The van der Waals surface area contributed by atoms with Crippen molar-refractivity contribution >= 4 is 11.7 Å². The lowest BCUT2D eigenvalue weighted by Crippen LogP contribution is -2.19. The van der Waals surface area contributed by atoms with Gasteiger partial charge in [0, 0.05) is 36.6 Å². The minimum absolute atomic E-state index is 0.0169. The van der Waals surface area contributed by atoms with Gasteiger partial charge in [0.2, 0.25) is 5.91 Å². The Morgan fingerprint density at radius 2 is 2.29 bits per heavy atom. The fourth-order valence-corrected chi connectivity index (χ4v) is 2.41. The standard InChI is InChI=1S/C15H23N5O/c1-3-5-12-9-14(19-18-12)17-15(21)10-13(6-4-2)20-8-7-16-11-20/h7-9,11,13H,3-6,10H2,1-2H3,(H2,17,18,19,21). The summed E-state index contributed by atoms with van der Waals surface area (Å²) in [7, 11) is 0. The first-order valence-electron chi connectivity index (χ1n) is 7.54. The molecular formula is C15H23N5O. The topological polar surface area (TPSA) is 75.6 Å². The number of amides is 1. The van der Waals surface area contributed by atoms with Crippen LogP contribution in [0.5, 0.6) is 0 Å². The van der Waals surface area contributed by atoms with Gasteiger partial charge in [0.1, 0.15) is 0 Å². The molecule has 1 amide bonds. The minimum atomic E-state index is -0.0169. The summed E-state index contributed by atoms with van der Waals surface area (Å²) in [5.41, 5.74) is 1.05. The maximum absolute atomic E-state index is 12.2. The molecule has 0 aliphatic rings. The van der Waals surface area contributed by atoms with Crippen molar-refractivity contribution in [2.45, 2.75) is 52.0 Å². The average Bonchev–Trinajstić information content (AvgIpc) is 3.10. The largest absolute Gasteiger partial charge is 0.334 e. The summed E-state index contributed by atoms with van der Waals surface area (Å²) in [4.78, 5) is 16.2. The molecule has 2 rings (SSSR count). The number of anilines is 1. The smallest absolute Gasteiger partial charge is 0.227 e. The van der Waals surface area contributed by atoms with Gasteiger partial charge in [-0.3, -0.25) is 9.89 Å². The molecule has 2 N–H and O–H groups in total. The Labute approximate surface area is 125 Å². The number of rotatable bonds is 8. The van der Waals surface area contributed by atoms with E-state index in [0.29, 0.717) is 12.2 Å². The summed E-state index contributed by atoms with van der Waals surface area (Å²) in [5, 5.41) is 9.91. The van der Waals surface area contributed by atoms with E-state index in [-0.39, 0.29) is 11.9 Å². The van der Waals surface area contributed by atoms with Crippen LogP contribution >= 0.6 is 0 Å². The van der Waals surface area contributed by atoms with Crippen LogP contribution in [-0.2, 0) is 11.2 Å². The van der Waals surface area contributed by atoms with E-state index in [1.807, 2.05) is 16.8 Å². The SMILES string of the molecule is CCCc1cc(NC(=O)CC(CCC)n2ccnc2)n[nH]1. The van der Waals surface area contributed by atoms with Crippen molar-refractivity contribution in [3.63, 3.8) is 0 Å². The highest BCUT2D eigenvalue weighted by molar-refractivity contribution is 5.90. The minimum Gasteiger partial charge on any atom is -0.334 e.